The molecule has 2 N–H and O–H groups in total. The van der Waals surface area contributed by atoms with Gasteiger partial charge in [-0.2, -0.15) is 5.26 Å². The standard InChI is InChI=1S/C20H19N5OS2/c1-12-6-4-9-17(13(12)2)23-19-24-25-20(28-19)27-14(3)18(26)22-16-8-5-7-15(10-16)11-21/h4-10,14H,1-3H3,(H,22,26)(H,23,24)/t14-/m1/s1. The van der Waals surface area contributed by atoms with Crippen molar-refractivity contribution in [3.8, 4) is 6.07 Å². The molecule has 142 valence electrons. The maximum Gasteiger partial charge on any atom is 0.237 e. The van der Waals surface area contributed by atoms with Crippen molar-refractivity contribution in [2.75, 3.05) is 10.6 Å². The van der Waals surface area contributed by atoms with E-state index in [0.29, 0.717) is 20.7 Å². The van der Waals surface area contributed by atoms with Crippen molar-refractivity contribution in [3.05, 3.63) is 59.2 Å². The number of hydrogen-bond donors (Lipinski definition) is 2. The molecule has 6 nitrogen and oxygen atoms in total. The van der Waals surface area contributed by atoms with Crippen molar-refractivity contribution in [1.82, 2.24) is 10.2 Å². The molecule has 0 spiro atoms. The fourth-order valence-electron chi connectivity index (χ4n) is 2.42. The van der Waals surface area contributed by atoms with E-state index < -0.39 is 0 Å². The van der Waals surface area contributed by atoms with Crippen molar-refractivity contribution in [1.29, 1.82) is 5.26 Å². The second-order valence-electron chi connectivity index (χ2n) is 6.19. The van der Waals surface area contributed by atoms with Gasteiger partial charge in [-0.15, -0.1) is 10.2 Å². The third-order valence-electron chi connectivity index (χ3n) is 4.16. The van der Waals surface area contributed by atoms with Gasteiger partial charge in [-0.3, -0.25) is 4.79 Å². The Hall–Kier alpha value is -2.89. The zero-order valence-corrected chi connectivity index (χ0v) is 17.3. The highest BCUT2D eigenvalue weighted by molar-refractivity contribution is 8.02. The predicted molar refractivity (Wildman–Crippen MR) is 114 cm³/mol. The molecule has 0 aliphatic rings. The lowest BCUT2D eigenvalue weighted by atomic mass is 10.1. The normalized spacial score (nSPS) is 11.5. The number of nitriles is 1. The number of anilines is 3. The van der Waals surface area contributed by atoms with Gasteiger partial charge in [0.15, 0.2) is 4.34 Å². The fourth-order valence-corrected chi connectivity index (χ4v) is 4.33. The van der Waals surface area contributed by atoms with E-state index in [1.807, 2.05) is 19.1 Å². The smallest absolute Gasteiger partial charge is 0.237 e. The van der Waals surface area contributed by atoms with Gasteiger partial charge < -0.3 is 10.6 Å². The molecule has 0 fully saturated rings. The van der Waals surface area contributed by atoms with E-state index in [2.05, 4.69) is 46.8 Å². The molecule has 0 radical (unpaired) electrons. The first-order chi connectivity index (χ1) is 13.5. The Labute approximate surface area is 172 Å². The van der Waals surface area contributed by atoms with Crippen molar-refractivity contribution < 1.29 is 4.79 Å². The Balaban J connectivity index is 1.61. The number of aromatic nitrogens is 2. The van der Waals surface area contributed by atoms with Crippen LogP contribution < -0.4 is 10.6 Å². The summed E-state index contributed by atoms with van der Waals surface area (Å²) in [7, 11) is 0. The van der Waals surface area contributed by atoms with E-state index in [-0.39, 0.29) is 11.2 Å². The van der Waals surface area contributed by atoms with Crippen LogP contribution in [0.3, 0.4) is 0 Å². The van der Waals surface area contributed by atoms with E-state index in [1.54, 1.807) is 24.3 Å². The summed E-state index contributed by atoms with van der Waals surface area (Å²) in [4.78, 5) is 12.4. The van der Waals surface area contributed by atoms with Gasteiger partial charge in [0, 0.05) is 11.4 Å². The Morgan fingerprint density at radius 3 is 2.79 bits per heavy atom. The first-order valence-electron chi connectivity index (χ1n) is 8.60. The number of carbonyl (C=O) groups excluding carboxylic acids is 1. The first kappa shape index (κ1) is 19.9. The molecule has 0 bridgehead atoms. The van der Waals surface area contributed by atoms with Gasteiger partial charge in [-0.05, 0) is 56.2 Å². The summed E-state index contributed by atoms with van der Waals surface area (Å²) in [5, 5.41) is 23.7. The first-order valence-corrected chi connectivity index (χ1v) is 10.3. The summed E-state index contributed by atoms with van der Waals surface area (Å²) in [6.07, 6.45) is 0. The predicted octanol–water partition coefficient (Wildman–Crippen LogP) is 4.89. The van der Waals surface area contributed by atoms with Gasteiger partial charge in [-0.1, -0.05) is 41.3 Å². The minimum absolute atomic E-state index is 0.153. The molecule has 3 aromatic rings. The van der Waals surface area contributed by atoms with Crippen molar-refractivity contribution in [2.45, 2.75) is 30.4 Å². The van der Waals surface area contributed by atoms with Gasteiger partial charge >= 0.3 is 0 Å². The summed E-state index contributed by atoms with van der Waals surface area (Å²) in [6, 6.07) is 15.0. The number of benzene rings is 2. The second-order valence-corrected chi connectivity index (χ2v) is 8.75. The molecule has 1 heterocycles. The highest BCUT2D eigenvalue weighted by Crippen LogP contribution is 2.32. The van der Waals surface area contributed by atoms with E-state index in [1.165, 1.54) is 34.2 Å². The van der Waals surface area contributed by atoms with E-state index in [9.17, 15) is 4.79 Å². The number of hydrogen-bond acceptors (Lipinski definition) is 7. The number of nitrogens with zero attached hydrogens (tertiary/aromatic N) is 3. The molecule has 0 aliphatic heterocycles. The quantitative estimate of drug-likeness (QED) is 0.563. The molecule has 2 aromatic carbocycles. The van der Waals surface area contributed by atoms with Crippen LogP contribution in [0.2, 0.25) is 0 Å². The van der Waals surface area contributed by atoms with Crippen LogP contribution >= 0.6 is 23.1 Å². The molecule has 1 atom stereocenters. The molecular formula is C20H19N5OS2. The molecule has 1 aromatic heterocycles. The van der Waals surface area contributed by atoms with Crippen molar-refractivity contribution in [2.24, 2.45) is 0 Å². The molecule has 3 rings (SSSR count). The van der Waals surface area contributed by atoms with Gasteiger partial charge in [0.2, 0.25) is 11.0 Å². The van der Waals surface area contributed by atoms with Crippen LogP contribution in [0.15, 0.2) is 46.8 Å². The average Bonchev–Trinajstić information content (AvgIpc) is 3.12. The van der Waals surface area contributed by atoms with Gasteiger partial charge in [0.1, 0.15) is 0 Å². The van der Waals surface area contributed by atoms with E-state index in [4.69, 9.17) is 5.26 Å². The second kappa shape index (κ2) is 8.87. The number of carbonyl (C=O) groups is 1. The highest BCUT2D eigenvalue weighted by atomic mass is 32.2. The maximum atomic E-state index is 12.4. The molecular weight excluding hydrogens is 390 g/mol. The summed E-state index contributed by atoms with van der Waals surface area (Å²) in [5.41, 5.74) is 4.47. The van der Waals surface area contributed by atoms with Crippen LogP contribution in [0, 0.1) is 25.2 Å². The minimum Gasteiger partial charge on any atom is -0.330 e. The summed E-state index contributed by atoms with van der Waals surface area (Å²) in [5.74, 6) is -0.153. The lowest BCUT2D eigenvalue weighted by Gasteiger charge is -2.10. The van der Waals surface area contributed by atoms with Crippen LogP contribution in [0.25, 0.3) is 0 Å². The topological polar surface area (TPSA) is 90.7 Å². The zero-order valence-electron chi connectivity index (χ0n) is 15.7. The molecule has 28 heavy (non-hydrogen) atoms. The highest BCUT2D eigenvalue weighted by Gasteiger charge is 2.18. The van der Waals surface area contributed by atoms with Crippen LogP contribution in [0.1, 0.15) is 23.6 Å². The zero-order chi connectivity index (χ0) is 20.1. The van der Waals surface area contributed by atoms with E-state index in [0.717, 1.165) is 5.69 Å². The SMILES string of the molecule is Cc1cccc(Nc2nnc(S[C@H](C)C(=O)Nc3cccc(C#N)c3)s2)c1C. The Bertz CT molecular complexity index is 1040. The molecule has 1 amide bonds. The molecule has 0 aliphatic carbocycles. The Morgan fingerprint density at radius 2 is 2.00 bits per heavy atom. The van der Waals surface area contributed by atoms with E-state index >= 15 is 0 Å². The summed E-state index contributed by atoms with van der Waals surface area (Å²) < 4.78 is 0.709. The number of rotatable bonds is 6. The van der Waals surface area contributed by atoms with Gasteiger partial charge in [-0.25, -0.2) is 0 Å². The Morgan fingerprint density at radius 1 is 1.21 bits per heavy atom. The maximum absolute atomic E-state index is 12.4. The van der Waals surface area contributed by atoms with Gasteiger partial charge in [0.25, 0.3) is 0 Å². The average molecular weight is 410 g/mol. The molecule has 0 saturated heterocycles. The molecule has 8 heteroatoms. The number of amides is 1. The number of aryl methyl sites for hydroxylation is 1. The third-order valence-corrected chi connectivity index (χ3v) is 6.18. The third kappa shape index (κ3) is 4.88. The van der Waals surface area contributed by atoms with Crippen LogP contribution in [0.5, 0.6) is 0 Å². The Kier molecular flexibility index (Phi) is 6.29. The van der Waals surface area contributed by atoms with Crippen LogP contribution in [-0.4, -0.2) is 21.4 Å². The largest absolute Gasteiger partial charge is 0.330 e. The van der Waals surface area contributed by atoms with Crippen LogP contribution in [-0.2, 0) is 4.79 Å². The van der Waals surface area contributed by atoms with Crippen LogP contribution in [0.4, 0.5) is 16.5 Å². The summed E-state index contributed by atoms with van der Waals surface area (Å²) in [6.45, 7) is 5.93. The number of nitrogens with one attached hydrogen (secondary N) is 2. The number of thioether (sulfide) groups is 1. The monoisotopic (exact) mass is 409 g/mol. The van der Waals surface area contributed by atoms with Crippen molar-refractivity contribution in [3.63, 3.8) is 0 Å². The fraction of sp³-hybridized carbons (Fsp3) is 0.200. The minimum atomic E-state index is -0.354. The lowest BCUT2D eigenvalue weighted by molar-refractivity contribution is -0.115. The lowest BCUT2D eigenvalue weighted by Crippen LogP contribution is -2.22. The van der Waals surface area contributed by atoms with Gasteiger partial charge in [0.05, 0.1) is 16.9 Å². The van der Waals surface area contributed by atoms with Crippen molar-refractivity contribution >= 4 is 45.5 Å². The summed E-state index contributed by atoms with van der Waals surface area (Å²) >= 11 is 2.75. The molecule has 0 saturated carbocycles. The molecule has 0 unspecified atom stereocenters.